The molecule has 0 fully saturated rings. The fourth-order valence-corrected chi connectivity index (χ4v) is 2.04. The average Bonchev–Trinajstić information content (AvgIpc) is 2.69. The van der Waals surface area contributed by atoms with Crippen molar-refractivity contribution in [3.63, 3.8) is 0 Å². The molecule has 0 bridgehead atoms. The van der Waals surface area contributed by atoms with Crippen molar-refractivity contribution < 1.29 is 30.2 Å². The van der Waals surface area contributed by atoms with E-state index in [4.69, 9.17) is 15.6 Å². The number of hydrogen-bond donors (Lipinski definition) is 3. The van der Waals surface area contributed by atoms with Crippen LogP contribution >= 0.6 is 0 Å². The van der Waals surface area contributed by atoms with E-state index < -0.39 is 12.1 Å². The highest BCUT2D eigenvalue weighted by Gasteiger charge is 2.00. The summed E-state index contributed by atoms with van der Waals surface area (Å²) in [4.78, 5) is 19.1. The number of hydrogen-bond acceptors (Lipinski definition) is 5. The smallest absolute Gasteiger partial charge is 0.303 e. The zero-order valence-corrected chi connectivity index (χ0v) is 16.4. The van der Waals surface area contributed by atoms with E-state index in [1.165, 1.54) is 0 Å². The second kappa shape index (κ2) is 19.5. The van der Waals surface area contributed by atoms with Crippen molar-refractivity contribution in [2.24, 2.45) is 0 Å². The number of rotatable bonds is 16. The Hall–Kier alpha value is -2.25. The molecule has 0 aromatic heterocycles. The van der Waals surface area contributed by atoms with Gasteiger partial charge >= 0.3 is 5.97 Å². The van der Waals surface area contributed by atoms with E-state index in [1.807, 2.05) is 43.4 Å². The normalized spacial score (nSPS) is 15.2. The molecule has 0 radical (unpaired) electrons. The van der Waals surface area contributed by atoms with Crippen LogP contribution in [0.2, 0.25) is 0 Å². The van der Waals surface area contributed by atoms with Gasteiger partial charge in [-0.3, -0.25) is 15.3 Å². The molecule has 0 aliphatic carbocycles. The fraction of sp³-hybridized carbons (Fsp3) is 0.409. The summed E-state index contributed by atoms with van der Waals surface area (Å²) in [6.45, 7) is 2.04. The van der Waals surface area contributed by atoms with E-state index in [2.05, 4.69) is 9.78 Å². The molecule has 0 saturated carbocycles. The van der Waals surface area contributed by atoms with Crippen molar-refractivity contribution in [3.8, 4) is 0 Å². The molecule has 0 aliphatic heterocycles. The van der Waals surface area contributed by atoms with E-state index >= 15 is 0 Å². The van der Waals surface area contributed by atoms with Crippen LogP contribution in [0.4, 0.5) is 0 Å². The minimum absolute atomic E-state index is 0.137. The summed E-state index contributed by atoms with van der Waals surface area (Å²) in [6, 6.07) is 0. The Morgan fingerprint density at radius 1 is 0.821 bits per heavy atom. The molecule has 0 amide bonds. The van der Waals surface area contributed by atoms with Crippen molar-refractivity contribution in [2.45, 2.75) is 57.7 Å². The van der Waals surface area contributed by atoms with Gasteiger partial charge in [-0.15, -0.1) is 0 Å². The molecular formula is C22H32O6. The standard InChI is InChI=1S/C22H32O6/c1-2-3-10-15-20(27-25)17-12-8-9-13-18-21(28-26)16-11-6-4-5-7-14-19-22(23)24/h3,5-13,17-18,20-21,25-26H,2,4,14-16,19H2,1H3,(H,23,24). The lowest BCUT2D eigenvalue weighted by atomic mass is 10.2. The number of carboxylic acid groups (broad SMARTS) is 1. The lowest BCUT2D eigenvalue weighted by Gasteiger charge is -2.04. The predicted molar refractivity (Wildman–Crippen MR) is 111 cm³/mol. The van der Waals surface area contributed by atoms with Gasteiger partial charge in [0.1, 0.15) is 12.2 Å². The van der Waals surface area contributed by atoms with Gasteiger partial charge in [0.25, 0.3) is 0 Å². The first-order chi connectivity index (χ1) is 13.6. The van der Waals surface area contributed by atoms with E-state index in [1.54, 1.807) is 36.5 Å². The zero-order chi connectivity index (χ0) is 20.9. The molecule has 2 unspecified atom stereocenters. The van der Waals surface area contributed by atoms with Crippen LogP contribution in [0, 0.1) is 0 Å². The third-order valence-corrected chi connectivity index (χ3v) is 3.53. The van der Waals surface area contributed by atoms with E-state index in [-0.39, 0.29) is 12.5 Å². The lowest BCUT2D eigenvalue weighted by molar-refractivity contribution is -0.264. The van der Waals surface area contributed by atoms with E-state index in [0.29, 0.717) is 25.7 Å². The molecule has 0 rings (SSSR count). The maximum atomic E-state index is 10.4. The summed E-state index contributed by atoms with van der Waals surface area (Å²) in [5.41, 5.74) is 0. The molecule has 2 atom stereocenters. The van der Waals surface area contributed by atoms with Gasteiger partial charge in [0, 0.05) is 6.42 Å². The largest absolute Gasteiger partial charge is 0.481 e. The molecule has 28 heavy (non-hydrogen) atoms. The van der Waals surface area contributed by atoms with Crippen molar-refractivity contribution in [1.82, 2.24) is 0 Å². The van der Waals surface area contributed by atoms with Crippen LogP contribution in [0.5, 0.6) is 0 Å². The third-order valence-electron chi connectivity index (χ3n) is 3.53. The van der Waals surface area contributed by atoms with Gasteiger partial charge in [-0.2, -0.15) is 0 Å². The number of carboxylic acids is 1. The summed E-state index contributed by atoms with van der Waals surface area (Å²) < 4.78 is 0. The first-order valence-corrected chi connectivity index (χ1v) is 9.42. The summed E-state index contributed by atoms with van der Waals surface area (Å²) in [5, 5.41) is 26.3. The third kappa shape index (κ3) is 17.2. The summed E-state index contributed by atoms with van der Waals surface area (Å²) in [5.74, 6) is -0.801. The predicted octanol–water partition coefficient (Wildman–Crippen LogP) is 5.49. The molecule has 6 heteroatoms. The van der Waals surface area contributed by atoms with Crippen LogP contribution in [0.15, 0.2) is 72.9 Å². The first-order valence-electron chi connectivity index (χ1n) is 9.42. The quantitative estimate of drug-likeness (QED) is 0.139. The van der Waals surface area contributed by atoms with Crippen LogP contribution in [0.25, 0.3) is 0 Å². The first kappa shape index (κ1) is 25.8. The average molecular weight is 392 g/mol. The van der Waals surface area contributed by atoms with Gasteiger partial charge in [0.2, 0.25) is 0 Å². The van der Waals surface area contributed by atoms with Crippen molar-refractivity contribution in [1.29, 1.82) is 0 Å². The number of aliphatic carboxylic acids is 1. The second-order valence-corrected chi connectivity index (χ2v) is 5.90. The van der Waals surface area contributed by atoms with Gasteiger partial charge in [-0.05, 0) is 32.1 Å². The summed E-state index contributed by atoms with van der Waals surface area (Å²) in [6.07, 6.45) is 24.7. The molecule has 0 aromatic carbocycles. The second-order valence-electron chi connectivity index (χ2n) is 5.90. The van der Waals surface area contributed by atoms with Gasteiger partial charge in [-0.1, -0.05) is 79.8 Å². The van der Waals surface area contributed by atoms with Crippen LogP contribution in [0.3, 0.4) is 0 Å². The Morgan fingerprint density at radius 2 is 1.36 bits per heavy atom. The lowest BCUT2D eigenvalue weighted by Crippen LogP contribution is -2.05. The van der Waals surface area contributed by atoms with Crippen LogP contribution < -0.4 is 0 Å². The van der Waals surface area contributed by atoms with Crippen LogP contribution in [0.1, 0.15) is 45.4 Å². The van der Waals surface area contributed by atoms with Gasteiger partial charge in [0.15, 0.2) is 0 Å². The van der Waals surface area contributed by atoms with E-state index in [0.717, 1.165) is 6.42 Å². The molecule has 0 heterocycles. The molecule has 0 aromatic rings. The van der Waals surface area contributed by atoms with Crippen molar-refractivity contribution in [2.75, 3.05) is 0 Å². The Morgan fingerprint density at radius 3 is 1.86 bits per heavy atom. The molecule has 156 valence electrons. The zero-order valence-electron chi connectivity index (χ0n) is 16.4. The molecule has 0 spiro atoms. The Balaban J connectivity index is 4.15. The topological polar surface area (TPSA) is 96.2 Å². The maximum Gasteiger partial charge on any atom is 0.303 e. The highest BCUT2D eigenvalue weighted by Crippen LogP contribution is 2.03. The maximum absolute atomic E-state index is 10.4. The summed E-state index contributed by atoms with van der Waals surface area (Å²) >= 11 is 0. The molecule has 3 N–H and O–H groups in total. The molecule has 6 nitrogen and oxygen atoms in total. The summed E-state index contributed by atoms with van der Waals surface area (Å²) in [7, 11) is 0. The van der Waals surface area contributed by atoms with Crippen molar-refractivity contribution >= 4 is 5.97 Å². The molecule has 0 saturated heterocycles. The minimum atomic E-state index is -0.801. The van der Waals surface area contributed by atoms with Gasteiger partial charge < -0.3 is 5.11 Å². The Bertz CT molecular complexity index is 557. The fourth-order valence-electron chi connectivity index (χ4n) is 2.04. The van der Waals surface area contributed by atoms with Gasteiger partial charge in [-0.25, -0.2) is 9.78 Å². The van der Waals surface area contributed by atoms with Crippen molar-refractivity contribution in [3.05, 3.63) is 72.9 Å². The molecule has 0 aliphatic rings. The van der Waals surface area contributed by atoms with Gasteiger partial charge in [0.05, 0.1) is 0 Å². The highest BCUT2D eigenvalue weighted by atomic mass is 17.1. The van der Waals surface area contributed by atoms with Crippen LogP contribution in [-0.4, -0.2) is 33.8 Å². The number of carbonyl (C=O) groups is 1. The monoisotopic (exact) mass is 392 g/mol. The SMILES string of the molecule is CCC=CCC(C=CC=CC=CC(CC=CCC=CCCC(=O)O)OO)OO. The minimum Gasteiger partial charge on any atom is -0.481 e. The highest BCUT2D eigenvalue weighted by molar-refractivity contribution is 5.66. The number of allylic oxidation sites excluding steroid dienone is 8. The Kier molecular flexibility index (Phi) is 17.9. The van der Waals surface area contributed by atoms with E-state index in [9.17, 15) is 4.79 Å². The van der Waals surface area contributed by atoms with Crippen LogP contribution in [-0.2, 0) is 14.6 Å². The molecular weight excluding hydrogens is 360 g/mol. The Labute approximate surface area is 167 Å².